The first-order chi connectivity index (χ1) is 13.4. The molecule has 0 saturated heterocycles. The second-order valence-electron chi connectivity index (χ2n) is 6.01. The number of carbonyl (C=O) groups is 6. The molecule has 164 valence electrons. The molecule has 0 aliphatic rings. The van der Waals surface area contributed by atoms with Gasteiger partial charge in [-0.2, -0.15) is 0 Å². The predicted molar refractivity (Wildman–Crippen MR) is 87.6 cm³/mol. The molecule has 0 unspecified atom stereocenters. The molecule has 0 N–H and O–H groups in total. The number of hydrogen-bond acceptors (Lipinski definition) is 12. The summed E-state index contributed by atoms with van der Waals surface area (Å²) in [6.07, 6.45) is -3.86. The Bertz CT molecular complexity index is 598. The summed E-state index contributed by atoms with van der Waals surface area (Å²) in [6.45, 7) is 8.36. The van der Waals surface area contributed by atoms with Crippen LogP contribution in [0.15, 0.2) is 0 Å². The van der Waals surface area contributed by atoms with Crippen LogP contribution in [0.4, 0.5) is 9.59 Å². The molecule has 0 fully saturated rings. The summed E-state index contributed by atoms with van der Waals surface area (Å²) >= 11 is -5.93. The van der Waals surface area contributed by atoms with E-state index in [-0.39, 0.29) is 12.8 Å². The maximum absolute atomic E-state index is 12.1. The van der Waals surface area contributed by atoms with Crippen molar-refractivity contribution in [1.82, 2.24) is 0 Å². The third kappa shape index (κ3) is 10.0. The van der Waals surface area contributed by atoms with Crippen LogP contribution in [0.2, 0.25) is 0 Å². The van der Waals surface area contributed by atoms with Crippen molar-refractivity contribution >= 4 is 36.2 Å². The first-order valence-corrected chi connectivity index (χ1v) is 11.2. The molecule has 0 aliphatic carbocycles. The summed E-state index contributed by atoms with van der Waals surface area (Å²) in [7, 11) is 0. The average molecular weight is 456 g/mol. The Hall–Kier alpha value is -2.47. The number of esters is 2. The number of carbonyl (C=O) groups excluding carboxylic acids is 6. The van der Waals surface area contributed by atoms with Crippen LogP contribution in [-0.2, 0) is 60.1 Å². The minimum atomic E-state index is -5.93. The fraction of sp³-hybridized carbons (Fsp3) is 0.625. The molecular formula is C16H24O12Ti. The molecule has 0 rings (SSSR count). The van der Waals surface area contributed by atoms with E-state index < -0.39 is 66.2 Å². The van der Waals surface area contributed by atoms with Crippen molar-refractivity contribution in [2.45, 2.75) is 54.4 Å². The average Bonchev–Trinajstić information content (AvgIpc) is 2.60. The summed E-state index contributed by atoms with van der Waals surface area (Å²) < 4.78 is 27.9. The van der Waals surface area contributed by atoms with Crippen LogP contribution in [0.1, 0.15) is 54.4 Å². The van der Waals surface area contributed by atoms with E-state index in [9.17, 15) is 28.8 Å². The number of ether oxygens (including phenoxy) is 2. The maximum atomic E-state index is 12.1. The van der Waals surface area contributed by atoms with Gasteiger partial charge in [0.1, 0.15) is 0 Å². The molecule has 12 nitrogen and oxygen atoms in total. The van der Waals surface area contributed by atoms with Gasteiger partial charge in [0.25, 0.3) is 0 Å². The minimum absolute atomic E-state index is 0.208. The molecule has 0 spiro atoms. The van der Waals surface area contributed by atoms with Gasteiger partial charge in [0.2, 0.25) is 0 Å². The summed E-state index contributed by atoms with van der Waals surface area (Å²) in [4.78, 5) is 70.5. The summed E-state index contributed by atoms with van der Waals surface area (Å²) in [5.74, 6) is -5.75. The molecular weight excluding hydrogens is 432 g/mol. The van der Waals surface area contributed by atoms with Gasteiger partial charge < -0.3 is 0 Å². The molecule has 0 aromatic carbocycles. The molecule has 0 atom stereocenters. The fourth-order valence-electron chi connectivity index (χ4n) is 1.18. The second-order valence-corrected chi connectivity index (χ2v) is 8.85. The molecule has 0 heterocycles. The Morgan fingerprint density at radius 3 is 1.17 bits per heavy atom. The predicted octanol–water partition coefficient (Wildman–Crippen LogP) is 2.38. The molecule has 0 amide bonds. The van der Waals surface area contributed by atoms with Crippen LogP contribution < -0.4 is 0 Å². The zero-order valence-electron chi connectivity index (χ0n) is 17.0. The number of rotatable bonds is 8. The molecule has 0 radical (unpaired) electrons. The zero-order valence-corrected chi connectivity index (χ0v) is 18.5. The van der Waals surface area contributed by atoms with Crippen molar-refractivity contribution in [3.05, 3.63) is 0 Å². The van der Waals surface area contributed by atoms with E-state index in [0.29, 0.717) is 0 Å². The van der Waals surface area contributed by atoms with Gasteiger partial charge in [-0.3, -0.25) is 0 Å². The molecule has 0 saturated carbocycles. The van der Waals surface area contributed by atoms with Gasteiger partial charge in [0, 0.05) is 0 Å². The van der Waals surface area contributed by atoms with E-state index in [1.807, 2.05) is 0 Å². The van der Waals surface area contributed by atoms with E-state index in [2.05, 4.69) is 9.47 Å². The quantitative estimate of drug-likeness (QED) is 0.299. The molecule has 0 aromatic rings. The van der Waals surface area contributed by atoms with Gasteiger partial charge in [-0.25, -0.2) is 0 Å². The first-order valence-electron chi connectivity index (χ1n) is 8.68. The summed E-state index contributed by atoms with van der Waals surface area (Å²) in [6, 6.07) is 0. The SMILES string of the molecule is CCC(=O)OC(=O)[O][Ti]([O]C(=O)OC(=O)CC)([O]C(=O)C(C)C)[O]C(=O)C(C)C. The summed E-state index contributed by atoms with van der Waals surface area (Å²) in [5, 5.41) is 0. The van der Waals surface area contributed by atoms with Crippen LogP contribution in [-0.4, -0.2) is 36.2 Å². The van der Waals surface area contributed by atoms with Crippen molar-refractivity contribution in [2.75, 3.05) is 0 Å². The van der Waals surface area contributed by atoms with Gasteiger partial charge >= 0.3 is 172 Å². The topological polar surface area (TPSA) is 158 Å². The molecule has 0 aromatic heterocycles. The van der Waals surface area contributed by atoms with Crippen molar-refractivity contribution < 1.29 is 69.7 Å². The van der Waals surface area contributed by atoms with E-state index in [1.165, 1.54) is 41.5 Å². The summed E-state index contributed by atoms with van der Waals surface area (Å²) in [5.41, 5.74) is 0. The van der Waals surface area contributed by atoms with Gasteiger partial charge in [-0.15, -0.1) is 0 Å². The van der Waals surface area contributed by atoms with Crippen molar-refractivity contribution in [3.8, 4) is 0 Å². The van der Waals surface area contributed by atoms with Crippen LogP contribution >= 0.6 is 0 Å². The molecule has 0 aliphatic heterocycles. The van der Waals surface area contributed by atoms with E-state index in [1.54, 1.807) is 0 Å². The second kappa shape index (κ2) is 12.2. The molecule has 13 heteroatoms. The standard InChI is InChI=1S/2C4H6O4.2C4H8O2.Ti/c2*1-2-3(5)8-4(6)7;2*1-3(2)4(5)6;/h2*2H2,1H3,(H,6,7);2*3H,1-2H3,(H,5,6);/q;;;;+4/p-4. The molecule has 0 bridgehead atoms. The van der Waals surface area contributed by atoms with Crippen molar-refractivity contribution in [3.63, 3.8) is 0 Å². The van der Waals surface area contributed by atoms with Gasteiger partial charge in [0.05, 0.1) is 0 Å². The van der Waals surface area contributed by atoms with E-state index in [0.717, 1.165) is 0 Å². The normalized spacial score (nSPS) is 10.8. The Morgan fingerprint density at radius 2 is 0.931 bits per heavy atom. The van der Waals surface area contributed by atoms with Gasteiger partial charge in [0.15, 0.2) is 0 Å². The van der Waals surface area contributed by atoms with Crippen LogP contribution in [0.3, 0.4) is 0 Å². The Labute approximate surface area is 172 Å². The number of hydrogen-bond donors (Lipinski definition) is 0. The third-order valence-corrected chi connectivity index (χ3v) is 5.49. The Kier molecular flexibility index (Phi) is 11.1. The Balaban J connectivity index is 5.94. The zero-order chi connectivity index (χ0) is 22.8. The monoisotopic (exact) mass is 456 g/mol. The van der Waals surface area contributed by atoms with Gasteiger partial charge in [-0.05, 0) is 0 Å². The third-order valence-electron chi connectivity index (χ3n) is 2.78. The Morgan fingerprint density at radius 1 is 0.621 bits per heavy atom. The van der Waals surface area contributed by atoms with Crippen LogP contribution in [0, 0.1) is 11.8 Å². The van der Waals surface area contributed by atoms with E-state index >= 15 is 0 Å². The van der Waals surface area contributed by atoms with Crippen molar-refractivity contribution in [2.24, 2.45) is 11.8 Å². The van der Waals surface area contributed by atoms with E-state index in [4.69, 9.17) is 13.3 Å². The van der Waals surface area contributed by atoms with Gasteiger partial charge in [-0.1, -0.05) is 0 Å². The fourth-order valence-corrected chi connectivity index (χ4v) is 3.85. The first kappa shape index (κ1) is 26.5. The van der Waals surface area contributed by atoms with Crippen molar-refractivity contribution in [1.29, 1.82) is 0 Å². The van der Waals surface area contributed by atoms with Crippen LogP contribution in [0.25, 0.3) is 0 Å². The van der Waals surface area contributed by atoms with Crippen LogP contribution in [0.5, 0.6) is 0 Å². The molecule has 29 heavy (non-hydrogen) atoms.